The van der Waals surface area contributed by atoms with Crippen molar-refractivity contribution in [2.75, 3.05) is 6.61 Å². The normalized spacial score (nSPS) is 19.7. The average Bonchev–Trinajstić information content (AvgIpc) is 2.28. The molecule has 0 radical (unpaired) electrons. The second-order valence-electron chi connectivity index (χ2n) is 3.57. The van der Waals surface area contributed by atoms with E-state index >= 15 is 0 Å². The number of amides is 1. The Morgan fingerprint density at radius 3 is 3.00 bits per heavy atom. The number of alkyl carbamates (subject to hydrolysis) is 1. The highest BCUT2D eigenvalue weighted by molar-refractivity contribution is 5.68. The van der Waals surface area contributed by atoms with E-state index in [0.29, 0.717) is 13.0 Å². The van der Waals surface area contributed by atoms with Crippen molar-refractivity contribution in [1.29, 1.82) is 0 Å². The van der Waals surface area contributed by atoms with Crippen LogP contribution in [-0.2, 0) is 4.74 Å². The number of benzene rings is 1. The molecule has 1 amide bonds. The number of alkyl halides is 2. The van der Waals surface area contributed by atoms with Gasteiger partial charge in [0.15, 0.2) is 0 Å². The van der Waals surface area contributed by atoms with Gasteiger partial charge in [-0.3, -0.25) is 0 Å². The summed E-state index contributed by atoms with van der Waals surface area (Å²) in [5, 5.41) is 2.61. The van der Waals surface area contributed by atoms with E-state index in [9.17, 15) is 13.6 Å². The molecule has 0 bridgehead atoms. The van der Waals surface area contributed by atoms with Gasteiger partial charge in [0.2, 0.25) is 0 Å². The van der Waals surface area contributed by atoms with Gasteiger partial charge in [0.1, 0.15) is 5.75 Å². The van der Waals surface area contributed by atoms with Crippen LogP contribution in [0.2, 0.25) is 0 Å². The fraction of sp³-hybridized carbons (Fsp3) is 0.364. The summed E-state index contributed by atoms with van der Waals surface area (Å²) in [5.41, 5.74) is 0.722. The van der Waals surface area contributed by atoms with Crippen LogP contribution in [0.25, 0.3) is 0 Å². The van der Waals surface area contributed by atoms with Crippen LogP contribution in [0.1, 0.15) is 18.0 Å². The first-order valence-corrected chi connectivity index (χ1v) is 5.13. The Balaban J connectivity index is 2.12. The largest absolute Gasteiger partial charge is 0.449 e. The summed E-state index contributed by atoms with van der Waals surface area (Å²) in [6, 6.07) is 6.06. The fourth-order valence-electron chi connectivity index (χ4n) is 1.68. The molecule has 0 aromatic heterocycles. The van der Waals surface area contributed by atoms with E-state index in [1.807, 2.05) is 0 Å². The molecule has 1 N–H and O–H groups in total. The van der Waals surface area contributed by atoms with Crippen molar-refractivity contribution in [2.45, 2.75) is 19.1 Å². The third-order valence-corrected chi connectivity index (χ3v) is 2.42. The number of cyclic esters (lactones) is 1. The molecule has 0 spiro atoms. The van der Waals surface area contributed by atoms with Crippen molar-refractivity contribution in [3.8, 4) is 5.75 Å². The lowest BCUT2D eigenvalue weighted by Crippen LogP contribution is -2.35. The maximum atomic E-state index is 12.0. The van der Waals surface area contributed by atoms with Gasteiger partial charge in [0, 0.05) is 6.42 Å². The Morgan fingerprint density at radius 2 is 2.29 bits per heavy atom. The molecule has 2 rings (SSSR count). The number of carbonyl (C=O) groups excluding carboxylic acids is 1. The second kappa shape index (κ2) is 4.99. The van der Waals surface area contributed by atoms with Crippen molar-refractivity contribution in [3.63, 3.8) is 0 Å². The van der Waals surface area contributed by atoms with Crippen LogP contribution in [-0.4, -0.2) is 19.3 Å². The Bertz CT molecular complexity index is 411. The predicted molar refractivity (Wildman–Crippen MR) is 54.9 cm³/mol. The highest BCUT2D eigenvalue weighted by atomic mass is 19.3. The topological polar surface area (TPSA) is 47.6 Å². The van der Waals surface area contributed by atoms with Crippen molar-refractivity contribution in [2.24, 2.45) is 0 Å². The van der Waals surface area contributed by atoms with E-state index < -0.39 is 12.7 Å². The molecular formula is C11H11F2NO3. The molecular weight excluding hydrogens is 232 g/mol. The van der Waals surface area contributed by atoms with Crippen molar-refractivity contribution >= 4 is 6.09 Å². The van der Waals surface area contributed by atoms with E-state index in [1.165, 1.54) is 12.1 Å². The van der Waals surface area contributed by atoms with Gasteiger partial charge in [-0.15, -0.1) is 0 Å². The first kappa shape index (κ1) is 11.6. The summed E-state index contributed by atoms with van der Waals surface area (Å²) in [7, 11) is 0. The van der Waals surface area contributed by atoms with Crippen LogP contribution in [0.4, 0.5) is 13.6 Å². The third kappa shape index (κ3) is 3.05. The smallest absolute Gasteiger partial charge is 0.407 e. The SMILES string of the molecule is O=C1N[C@@H](c2cccc(OC(F)F)c2)CCO1. The maximum Gasteiger partial charge on any atom is 0.407 e. The van der Waals surface area contributed by atoms with Gasteiger partial charge in [-0.25, -0.2) is 4.79 Å². The molecule has 1 fully saturated rings. The molecule has 1 aromatic rings. The molecule has 17 heavy (non-hydrogen) atoms. The Labute approximate surface area is 96.5 Å². The monoisotopic (exact) mass is 243 g/mol. The van der Waals surface area contributed by atoms with Crippen molar-refractivity contribution in [3.05, 3.63) is 29.8 Å². The molecule has 0 unspecified atom stereocenters. The number of nitrogens with one attached hydrogen (secondary N) is 1. The fourth-order valence-corrected chi connectivity index (χ4v) is 1.68. The Hall–Kier alpha value is -1.85. The summed E-state index contributed by atoms with van der Waals surface area (Å²) in [5.74, 6) is 0.0817. The van der Waals surface area contributed by atoms with Crippen LogP contribution >= 0.6 is 0 Å². The molecule has 1 aliphatic heterocycles. The zero-order valence-corrected chi connectivity index (χ0v) is 8.86. The van der Waals surface area contributed by atoms with E-state index in [-0.39, 0.29) is 11.8 Å². The molecule has 1 aromatic carbocycles. The minimum absolute atomic E-state index is 0.0817. The molecule has 1 saturated heterocycles. The average molecular weight is 243 g/mol. The molecule has 92 valence electrons. The summed E-state index contributed by atoms with van der Waals surface area (Å²) in [6.45, 7) is -2.54. The first-order chi connectivity index (χ1) is 8.15. The second-order valence-corrected chi connectivity index (χ2v) is 3.57. The minimum atomic E-state index is -2.85. The van der Waals surface area contributed by atoms with Gasteiger partial charge < -0.3 is 14.8 Å². The van der Waals surface area contributed by atoms with E-state index in [0.717, 1.165) is 5.56 Å². The minimum Gasteiger partial charge on any atom is -0.449 e. The number of carbonyl (C=O) groups is 1. The lowest BCUT2D eigenvalue weighted by Gasteiger charge is -2.23. The zero-order chi connectivity index (χ0) is 12.3. The maximum absolute atomic E-state index is 12.0. The van der Waals surface area contributed by atoms with Crippen LogP contribution in [0.3, 0.4) is 0 Å². The van der Waals surface area contributed by atoms with Crippen LogP contribution in [0.5, 0.6) is 5.75 Å². The van der Waals surface area contributed by atoms with Gasteiger partial charge in [0.25, 0.3) is 0 Å². The van der Waals surface area contributed by atoms with Gasteiger partial charge >= 0.3 is 12.7 Å². The third-order valence-electron chi connectivity index (χ3n) is 2.42. The quantitative estimate of drug-likeness (QED) is 0.887. The van der Waals surface area contributed by atoms with Crippen LogP contribution in [0, 0.1) is 0 Å². The van der Waals surface area contributed by atoms with Crippen molar-refractivity contribution < 1.29 is 23.0 Å². The van der Waals surface area contributed by atoms with Gasteiger partial charge in [-0.2, -0.15) is 8.78 Å². The molecule has 0 saturated carbocycles. The van der Waals surface area contributed by atoms with Gasteiger partial charge in [-0.05, 0) is 17.7 Å². The number of rotatable bonds is 3. The Kier molecular flexibility index (Phi) is 3.41. The lowest BCUT2D eigenvalue weighted by molar-refractivity contribution is -0.0499. The zero-order valence-electron chi connectivity index (χ0n) is 8.86. The van der Waals surface area contributed by atoms with Gasteiger partial charge in [0.05, 0.1) is 12.6 Å². The standard InChI is InChI=1S/C11H11F2NO3/c12-10(13)17-8-3-1-2-7(6-8)9-4-5-16-11(15)14-9/h1-3,6,9-10H,4-5H2,(H,14,15)/t9-/m1/s1. The first-order valence-electron chi connectivity index (χ1n) is 5.13. The molecule has 6 heteroatoms. The Morgan fingerprint density at radius 1 is 1.47 bits per heavy atom. The molecule has 1 heterocycles. The van der Waals surface area contributed by atoms with E-state index in [1.54, 1.807) is 12.1 Å². The molecule has 1 aliphatic rings. The summed E-state index contributed by atoms with van der Waals surface area (Å²) >= 11 is 0. The van der Waals surface area contributed by atoms with Crippen molar-refractivity contribution in [1.82, 2.24) is 5.32 Å². The summed E-state index contributed by atoms with van der Waals surface area (Å²) in [6.07, 6.45) is 0.102. The summed E-state index contributed by atoms with van der Waals surface area (Å²) in [4.78, 5) is 11.0. The number of hydrogen-bond donors (Lipinski definition) is 1. The van der Waals surface area contributed by atoms with Crippen LogP contribution in [0.15, 0.2) is 24.3 Å². The van der Waals surface area contributed by atoms with E-state index in [4.69, 9.17) is 4.74 Å². The molecule has 1 atom stereocenters. The predicted octanol–water partition coefficient (Wildman–Crippen LogP) is 2.46. The van der Waals surface area contributed by atoms with Gasteiger partial charge in [-0.1, -0.05) is 12.1 Å². The number of ether oxygens (including phenoxy) is 2. The highest BCUT2D eigenvalue weighted by Crippen LogP contribution is 2.24. The van der Waals surface area contributed by atoms with Crippen LogP contribution < -0.4 is 10.1 Å². The summed E-state index contributed by atoms with van der Waals surface area (Å²) < 4.78 is 33.1. The number of halogens is 2. The van der Waals surface area contributed by atoms with E-state index in [2.05, 4.69) is 10.1 Å². The molecule has 4 nitrogen and oxygen atoms in total. The highest BCUT2D eigenvalue weighted by Gasteiger charge is 2.21. The molecule has 0 aliphatic carbocycles. The number of hydrogen-bond acceptors (Lipinski definition) is 3. The lowest BCUT2D eigenvalue weighted by atomic mass is 10.0.